The molecule has 1 aromatic rings. The predicted molar refractivity (Wildman–Crippen MR) is 97.3 cm³/mol. The van der Waals surface area contributed by atoms with Gasteiger partial charge < -0.3 is 9.80 Å². The average molecular weight is 414 g/mol. The van der Waals surface area contributed by atoms with Crippen molar-refractivity contribution in [2.24, 2.45) is 4.99 Å². The van der Waals surface area contributed by atoms with Crippen molar-refractivity contribution >= 4 is 53.3 Å². The summed E-state index contributed by atoms with van der Waals surface area (Å²) in [5, 5.41) is 0.778. The molecule has 0 radical (unpaired) electrons. The summed E-state index contributed by atoms with van der Waals surface area (Å²) in [4.78, 5) is 9.85. The smallest absolute Gasteiger partial charge is 0.195 e. The summed E-state index contributed by atoms with van der Waals surface area (Å²) in [6.07, 6.45) is 0. The Balaban J connectivity index is 0.00000324. The fourth-order valence-corrected chi connectivity index (χ4v) is 2.40. The van der Waals surface area contributed by atoms with Crippen LogP contribution in [-0.2, 0) is 0 Å². The van der Waals surface area contributed by atoms with Crippen molar-refractivity contribution in [3.8, 4) is 0 Å². The van der Waals surface area contributed by atoms with Crippen molar-refractivity contribution < 1.29 is 0 Å². The fourth-order valence-electron chi connectivity index (χ4n) is 1.52. The maximum atomic E-state index is 5.84. The summed E-state index contributed by atoms with van der Waals surface area (Å²) < 4.78 is 0. The van der Waals surface area contributed by atoms with Crippen LogP contribution in [0.15, 0.2) is 34.2 Å². The maximum Gasteiger partial charge on any atom is 0.195 e. The Labute approximate surface area is 142 Å². The van der Waals surface area contributed by atoms with Crippen LogP contribution in [0.1, 0.15) is 0 Å². The summed E-state index contributed by atoms with van der Waals surface area (Å²) in [5.41, 5.74) is 0. The van der Waals surface area contributed by atoms with Gasteiger partial charge in [0.25, 0.3) is 0 Å². The van der Waals surface area contributed by atoms with Gasteiger partial charge in [-0.1, -0.05) is 11.6 Å². The van der Waals surface area contributed by atoms with E-state index in [-0.39, 0.29) is 24.0 Å². The van der Waals surface area contributed by atoms with Gasteiger partial charge in [0.1, 0.15) is 0 Å². The molecule has 0 saturated heterocycles. The quantitative estimate of drug-likeness (QED) is 0.247. The van der Waals surface area contributed by atoms with Gasteiger partial charge in [0.2, 0.25) is 0 Å². The molecule has 0 aliphatic heterocycles. The lowest BCUT2D eigenvalue weighted by Gasteiger charge is -2.22. The van der Waals surface area contributed by atoms with Crippen molar-refractivity contribution in [2.45, 2.75) is 4.90 Å². The van der Waals surface area contributed by atoms with E-state index in [2.05, 4.69) is 4.99 Å². The normalized spacial score (nSPS) is 9.53. The van der Waals surface area contributed by atoms with Crippen LogP contribution in [0.25, 0.3) is 0 Å². The lowest BCUT2D eigenvalue weighted by Crippen LogP contribution is -2.35. The summed E-state index contributed by atoms with van der Waals surface area (Å²) >= 11 is 7.63. The van der Waals surface area contributed by atoms with E-state index in [9.17, 15) is 0 Å². The lowest BCUT2D eigenvalue weighted by molar-refractivity contribution is 0.480. The molecule has 19 heavy (non-hydrogen) atoms. The van der Waals surface area contributed by atoms with Crippen LogP contribution in [0.4, 0.5) is 0 Å². The van der Waals surface area contributed by atoms with Gasteiger partial charge in [-0.25, -0.2) is 0 Å². The molecular formula is C13H21ClIN3S. The second kappa shape index (κ2) is 9.72. The van der Waals surface area contributed by atoms with E-state index < -0.39 is 0 Å². The topological polar surface area (TPSA) is 18.8 Å². The molecule has 0 aliphatic carbocycles. The first-order valence-corrected chi connectivity index (χ1v) is 7.14. The summed E-state index contributed by atoms with van der Waals surface area (Å²) in [5.74, 6) is 1.96. The highest BCUT2D eigenvalue weighted by atomic mass is 127. The van der Waals surface area contributed by atoms with Gasteiger partial charge in [-0.2, -0.15) is 0 Å². The van der Waals surface area contributed by atoms with E-state index in [1.807, 2.05) is 62.3 Å². The van der Waals surface area contributed by atoms with E-state index in [0.717, 1.165) is 23.3 Å². The first-order valence-electron chi connectivity index (χ1n) is 5.78. The molecule has 0 amide bonds. The molecule has 0 aliphatic rings. The molecule has 0 saturated carbocycles. The molecule has 3 nitrogen and oxygen atoms in total. The molecule has 1 aromatic carbocycles. The number of guanidine groups is 1. The molecule has 0 N–H and O–H groups in total. The van der Waals surface area contributed by atoms with Crippen LogP contribution < -0.4 is 0 Å². The minimum atomic E-state index is 0. The Hall–Kier alpha value is -0.140. The first kappa shape index (κ1) is 18.9. The second-order valence-electron chi connectivity index (χ2n) is 4.27. The number of nitrogens with zero attached hydrogens (tertiary/aromatic N) is 3. The summed E-state index contributed by atoms with van der Waals surface area (Å²) in [6, 6.07) is 7.90. The highest BCUT2D eigenvalue weighted by Gasteiger charge is 2.03. The van der Waals surface area contributed by atoms with Crippen molar-refractivity contribution in [1.29, 1.82) is 0 Å². The van der Waals surface area contributed by atoms with Crippen LogP contribution in [0.5, 0.6) is 0 Å². The fraction of sp³-hybridized carbons (Fsp3) is 0.462. The summed E-state index contributed by atoms with van der Waals surface area (Å²) in [6.45, 7) is 0.805. The molecule has 0 unspecified atom stereocenters. The molecular weight excluding hydrogens is 393 g/mol. The minimum absolute atomic E-state index is 0. The maximum absolute atomic E-state index is 5.84. The predicted octanol–water partition coefficient (Wildman–Crippen LogP) is 3.53. The number of halogens is 2. The number of thioether (sulfide) groups is 1. The van der Waals surface area contributed by atoms with Gasteiger partial charge in [0, 0.05) is 43.9 Å². The molecule has 6 heteroatoms. The number of aliphatic imine (C=N–C) groups is 1. The van der Waals surface area contributed by atoms with Gasteiger partial charge in [-0.3, -0.25) is 4.99 Å². The Morgan fingerprint density at radius 1 is 1.11 bits per heavy atom. The number of rotatable bonds is 4. The van der Waals surface area contributed by atoms with Crippen LogP contribution in [-0.4, -0.2) is 56.2 Å². The van der Waals surface area contributed by atoms with E-state index >= 15 is 0 Å². The molecule has 0 spiro atoms. The SMILES string of the molecule is CN(C)C(=NCCSc1ccc(Cl)cc1)N(C)C.I. The molecule has 0 aromatic heterocycles. The standard InChI is InChI=1S/C13H20ClN3S.HI/c1-16(2)13(17(3)4)15-9-10-18-12-7-5-11(14)6-8-12;/h5-8H,9-10H2,1-4H3;1H. The van der Waals surface area contributed by atoms with E-state index in [1.165, 1.54) is 4.90 Å². The Morgan fingerprint density at radius 2 is 1.63 bits per heavy atom. The van der Waals surface area contributed by atoms with Crippen molar-refractivity contribution in [3.05, 3.63) is 29.3 Å². The van der Waals surface area contributed by atoms with Crippen LogP contribution >= 0.6 is 47.3 Å². The highest BCUT2D eigenvalue weighted by molar-refractivity contribution is 14.0. The number of benzene rings is 1. The molecule has 0 fully saturated rings. The zero-order chi connectivity index (χ0) is 13.5. The molecule has 0 heterocycles. The summed E-state index contributed by atoms with van der Waals surface area (Å²) in [7, 11) is 8.02. The first-order chi connectivity index (χ1) is 8.50. The molecule has 108 valence electrons. The zero-order valence-electron chi connectivity index (χ0n) is 11.8. The van der Waals surface area contributed by atoms with Crippen LogP contribution in [0.2, 0.25) is 5.02 Å². The largest absolute Gasteiger partial charge is 0.349 e. The van der Waals surface area contributed by atoms with E-state index in [0.29, 0.717) is 0 Å². The van der Waals surface area contributed by atoms with Crippen molar-refractivity contribution in [2.75, 3.05) is 40.5 Å². The minimum Gasteiger partial charge on any atom is -0.349 e. The second-order valence-corrected chi connectivity index (χ2v) is 5.88. The molecule has 0 atom stereocenters. The van der Waals surface area contributed by atoms with E-state index in [1.54, 1.807) is 11.8 Å². The number of hydrogen-bond donors (Lipinski definition) is 0. The van der Waals surface area contributed by atoms with E-state index in [4.69, 9.17) is 11.6 Å². The van der Waals surface area contributed by atoms with Crippen LogP contribution in [0.3, 0.4) is 0 Å². The number of hydrogen-bond acceptors (Lipinski definition) is 2. The van der Waals surface area contributed by atoms with Gasteiger partial charge in [-0.15, -0.1) is 35.7 Å². The lowest BCUT2D eigenvalue weighted by atomic mass is 10.4. The monoisotopic (exact) mass is 413 g/mol. The van der Waals surface area contributed by atoms with Crippen molar-refractivity contribution in [1.82, 2.24) is 9.80 Å². The highest BCUT2D eigenvalue weighted by Crippen LogP contribution is 2.19. The average Bonchev–Trinajstić information content (AvgIpc) is 2.30. The van der Waals surface area contributed by atoms with Crippen molar-refractivity contribution in [3.63, 3.8) is 0 Å². The molecule has 0 bridgehead atoms. The Kier molecular flexibility index (Phi) is 9.64. The van der Waals surface area contributed by atoms with Gasteiger partial charge >= 0.3 is 0 Å². The van der Waals surface area contributed by atoms with Crippen LogP contribution in [0, 0.1) is 0 Å². The third-order valence-electron chi connectivity index (χ3n) is 2.23. The Bertz CT molecular complexity index is 383. The third-order valence-corrected chi connectivity index (χ3v) is 3.47. The van der Waals surface area contributed by atoms with Gasteiger partial charge in [-0.05, 0) is 24.3 Å². The van der Waals surface area contributed by atoms with Gasteiger partial charge in [0.15, 0.2) is 5.96 Å². The molecule has 1 rings (SSSR count). The Morgan fingerprint density at radius 3 is 2.11 bits per heavy atom. The third kappa shape index (κ3) is 7.27. The van der Waals surface area contributed by atoms with Gasteiger partial charge in [0.05, 0.1) is 6.54 Å². The zero-order valence-corrected chi connectivity index (χ0v) is 15.7.